The largest absolute Gasteiger partial charge is 0.471 e. The number of morpholine rings is 1. The Morgan fingerprint density at radius 1 is 1.03 bits per heavy atom. The van der Waals surface area contributed by atoms with Gasteiger partial charge in [0.1, 0.15) is 18.2 Å². The molecule has 0 bridgehead atoms. The van der Waals surface area contributed by atoms with Crippen LogP contribution in [0.15, 0.2) is 57.5 Å². The van der Waals surface area contributed by atoms with E-state index < -0.39 is 18.1 Å². The minimum absolute atomic E-state index is 0.113. The Morgan fingerprint density at radius 3 is 2.52 bits per heavy atom. The van der Waals surface area contributed by atoms with E-state index in [9.17, 15) is 18.0 Å². The standard InChI is InChI=1S/C20H13F3N4O4/c21-20(22,23)19-25-17(26-31-19)11-5-7-12(8-6-11)27-14(9-29-10-16(27)28)18-24-13-3-1-2-4-15(13)30-18/h1-8,14H,9-10H2. The van der Waals surface area contributed by atoms with Gasteiger partial charge in [-0.05, 0) is 36.4 Å². The van der Waals surface area contributed by atoms with E-state index in [-0.39, 0.29) is 24.9 Å². The lowest BCUT2D eigenvalue weighted by Crippen LogP contribution is -2.44. The number of carbonyl (C=O) groups excluding carboxylic acids is 1. The summed E-state index contributed by atoms with van der Waals surface area (Å²) in [6.07, 6.45) is -4.72. The average Bonchev–Trinajstić information content (AvgIpc) is 3.41. The van der Waals surface area contributed by atoms with Crippen LogP contribution in [0.1, 0.15) is 17.8 Å². The van der Waals surface area contributed by atoms with Crippen molar-refractivity contribution in [2.45, 2.75) is 12.2 Å². The fourth-order valence-electron chi connectivity index (χ4n) is 3.34. The first-order valence-corrected chi connectivity index (χ1v) is 9.17. The van der Waals surface area contributed by atoms with Crippen molar-refractivity contribution in [2.24, 2.45) is 0 Å². The van der Waals surface area contributed by atoms with Crippen LogP contribution in [0.4, 0.5) is 18.9 Å². The van der Waals surface area contributed by atoms with E-state index in [1.807, 2.05) is 12.1 Å². The maximum atomic E-state index is 12.7. The highest BCUT2D eigenvalue weighted by Crippen LogP contribution is 2.34. The van der Waals surface area contributed by atoms with Crippen molar-refractivity contribution < 1.29 is 31.6 Å². The third-order valence-electron chi connectivity index (χ3n) is 4.75. The normalized spacial score (nSPS) is 17.5. The van der Waals surface area contributed by atoms with Crippen molar-refractivity contribution >= 4 is 22.7 Å². The van der Waals surface area contributed by atoms with Gasteiger partial charge >= 0.3 is 12.1 Å². The first-order chi connectivity index (χ1) is 14.9. The predicted octanol–water partition coefficient (Wildman–Crippen LogP) is 4.00. The van der Waals surface area contributed by atoms with Crippen molar-refractivity contribution in [3.63, 3.8) is 0 Å². The molecule has 0 radical (unpaired) electrons. The lowest BCUT2D eigenvalue weighted by molar-refractivity contribution is -0.159. The topological polar surface area (TPSA) is 94.5 Å². The number of oxazole rings is 1. The zero-order valence-electron chi connectivity index (χ0n) is 15.7. The van der Waals surface area contributed by atoms with E-state index in [2.05, 4.69) is 19.6 Å². The molecule has 3 heterocycles. The van der Waals surface area contributed by atoms with Crippen LogP contribution in [0.25, 0.3) is 22.5 Å². The molecule has 2 aromatic carbocycles. The molecule has 0 N–H and O–H groups in total. The lowest BCUT2D eigenvalue weighted by Gasteiger charge is -2.33. The summed E-state index contributed by atoms with van der Waals surface area (Å²) in [4.78, 5) is 21.9. The summed E-state index contributed by atoms with van der Waals surface area (Å²) >= 11 is 0. The minimum Gasteiger partial charge on any atom is -0.438 e. The Balaban J connectivity index is 1.46. The molecule has 8 nitrogen and oxygen atoms in total. The average molecular weight is 430 g/mol. The number of amides is 1. The van der Waals surface area contributed by atoms with Gasteiger partial charge in [-0.2, -0.15) is 18.2 Å². The van der Waals surface area contributed by atoms with Crippen LogP contribution in [-0.2, 0) is 15.7 Å². The molecule has 1 aliphatic rings. The van der Waals surface area contributed by atoms with Crippen LogP contribution in [-0.4, -0.2) is 34.2 Å². The molecular formula is C20H13F3N4O4. The highest BCUT2D eigenvalue weighted by Gasteiger charge is 2.39. The second-order valence-electron chi connectivity index (χ2n) is 6.78. The fraction of sp³-hybridized carbons (Fsp3) is 0.200. The van der Waals surface area contributed by atoms with Gasteiger partial charge in [0.2, 0.25) is 11.7 Å². The van der Waals surface area contributed by atoms with Gasteiger partial charge in [0.05, 0.1) is 6.61 Å². The molecule has 5 rings (SSSR count). The van der Waals surface area contributed by atoms with Gasteiger partial charge in [-0.1, -0.05) is 17.3 Å². The van der Waals surface area contributed by atoms with E-state index in [0.29, 0.717) is 28.2 Å². The molecule has 1 fully saturated rings. The van der Waals surface area contributed by atoms with Crippen LogP contribution in [0.2, 0.25) is 0 Å². The summed E-state index contributed by atoms with van der Waals surface area (Å²) in [7, 11) is 0. The Hall–Kier alpha value is -3.73. The summed E-state index contributed by atoms with van der Waals surface area (Å²) in [6.45, 7) is 0.0678. The molecule has 0 aliphatic carbocycles. The molecule has 1 aliphatic heterocycles. The Kier molecular flexibility index (Phi) is 4.47. The van der Waals surface area contributed by atoms with Gasteiger partial charge in [0.25, 0.3) is 5.91 Å². The smallest absolute Gasteiger partial charge is 0.438 e. The first-order valence-electron chi connectivity index (χ1n) is 9.17. The number of fused-ring (bicyclic) bond motifs is 1. The Morgan fingerprint density at radius 2 is 1.81 bits per heavy atom. The van der Waals surface area contributed by atoms with Gasteiger partial charge in [-0.15, -0.1) is 0 Å². The summed E-state index contributed by atoms with van der Waals surface area (Å²) in [6, 6.07) is 12.8. The molecule has 0 saturated carbocycles. The lowest BCUT2D eigenvalue weighted by atomic mass is 10.1. The van der Waals surface area contributed by atoms with Crippen LogP contribution in [0.3, 0.4) is 0 Å². The molecule has 1 amide bonds. The number of aromatic nitrogens is 3. The van der Waals surface area contributed by atoms with Crippen molar-refractivity contribution in [2.75, 3.05) is 18.1 Å². The number of alkyl halides is 3. The Labute approximate surface area is 172 Å². The second-order valence-corrected chi connectivity index (χ2v) is 6.78. The Bertz CT molecular complexity index is 1220. The summed E-state index contributed by atoms with van der Waals surface area (Å²) < 4.78 is 53.5. The highest BCUT2D eigenvalue weighted by molar-refractivity contribution is 5.95. The number of nitrogens with zero attached hydrogens (tertiary/aromatic N) is 4. The van der Waals surface area contributed by atoms with Gasteiger partial charge in [-0.3, -0.25) is 9.69 Å². The van der Waals surface area contributed by atoms with Gasteiger partial charge in [-0.25, -0.2) is 4.98 Å². The molecule has 158 valence electrons. The van der Waals surface area contributed by atoms with E-state index in [1.165, 1.54) is 17.0 Å². The van der Waals surface area contributed by atoms with Crippen molar-refractivity contribution in [3.8, 4) is 11.4 Å². The van der Waals surface area contributed by atoms with E-state index in [4.69, 9.17) is 9.15 Å². The summed E-state index contributed by atoms with van der Waals surface area (Å²) in [5, 5.41) is 3.37. The third kappa shape index (κ3) is 3.52. The molecule has 2 aromatic heterocycles. The maximum Gasteiger partial charge on any atom is 0.471 e. The summed E-state index contributed by atoms with van der Waals surface area (Å²) in [5.41, 5.74) is 2.05. The van der Waals surface area contributed by atoms with Gasteiger partial charge < -0.3 is 13.7 Å². The quantitative estimate of drug-likeness (QED) is 0.485. The van der Waals surface area contributed by atoms with Crippen LogP contribution >= 0.6 is 0 Å². The van der Waals surface area contributed by atoms with Crippen molar-refractivity contribution in [1.29, 1.82) is 0 Å². The first kappa shape index (κ1) is 19.2. The monoisotopic (exact) mass is 430 g/mol. The third-order valence-corrected chi connectivity index (χ3v) is 4.75. The number of para-hydroxylation sites is 2. The fourth-order valence-corrected chi connectivity index (χ4v) is 3.34. The van der Waals surface area contributed by atoms with E-state index in [1.54, 1.807) is 24.3 Å². The molecule has 31 heavy (non-hydrogen) atoms. The van der Waals surface area contributed by atoms with E-state index in [0.717, 1.165) is 0 Å². The molecule has 1 atom stereocenters. The van der Waals surface area contributed by atoms with Crippen LogP contribution in [0, 0.1) is 0 Å². The molecular weight excluding hydrogens is 417 g/mol. The molecule has 1 saturated heterocycles. The maximum absolute atomic E-state index is 12.7. The SMILES string of the molecule is O=C1COCC(c2nc3ccccc3o2)N1c1ccc(-c2noc(C(F)(F)F)n2)cc1. The van der Waals surface area contributed by atoms with Crippen LogP contribution in [0.5, 0.6) is 0 Å². The molecule has 0 spiro atoms. The molecule has 1 unspecified atom stereocenters. The minimum atomic E-state index is -4.72. The summed E-state index contributed by atoms with van der Waals surface area (Å²) in [5.74, 6) is -1.61. The number of carbonyl (C=O) groups is 1. The number of halogens is 3. The number of ether oxygens (including phenoxy) is 1. The molecule has 11 heteroatoms. The van der Waals surface area contributed by atoms with Crippen molar-refractivity contribution in [3.05, 3.63) is 60.3 Å². The number of hydrogen-bond donors (Lipinski definition) is 0. The number of benzene rings is 2. The number of hydrogen-bond acceptors (Lipinski definition) is 7. The number of rotatable bonds is 3. The van der Waals surface area contributed by atoms with Crippen LogP contribution < -0.4 is 4.90 Å². The highest BCUT2D eigenvalue weighted by atomic mass is 19.4. The second kappa shape index (κ2) is 7.20. The zero-order chi connectivity index (χ0) is 21.6. The van der Waals surface area contributed by atoms with Gasteiger partial charge in [0.15, 0.2) is 5.58 Å². The zero-order valence-corrected chi connectivity index (χ0v) is 15.7. The molecule has 4 aromatic rings. The van der Waals surface area contributed by atoms with Gasteiger partial charge in [0, 0.05) is 11.3 Å². The van der Waals surface area contributed by atoms with E-state index >= 15 is 0 Å². The number of anilines is 1. The predicted molar refractivity (Wildman–Crippen MR) is 99.8 cm³/mol. The van der Waals surface area contributed by atoms with Crippen molar-refractivity contribution in [1.82, 2.24) is 15.1 Å².